The maximum Gasteiger partial charge on any atom is 0.337 e. The van der Waals surface area contributed by atoms with E-state index in [9.17, 15) is 14.7 Å². The summed E-state index contributed by atoms with van der Waals surface area (Å²) in [6.07, 6.45) is -0.609. The predicted octanol–water partition coefficient (Wildman–Crippen LogP) is 5.57. The van der Waals surface area contributed by atoms with Gasteiger partial charge in [0.25, 0.3) is 0 Å². The monoisotopic (exact) mass is 501 g/mol. The lowest BCUT2D eigenvalue weighted by molar-refractivity contribution is -0.160. The first-order valence-corrected chi connectivity index (χ1v) is 12.6. The van der Waals surface area contributed by atoms with E-state index in [1.54, 1.807) is 4.90 Å². The van der Waals surface area contributed by atoms with Gasteiger partial charge in [-0.15, -0.1) is 0 Å². The molecule has 2 N–H and O–H groups in total. The van der Waals surface area contributed by atoms with Crippen LogP contribution in [-0.4, -0.2) is 39.1 Å². The number of ether oxygens (including phenoxy) is 1. The van der Waals surface area contributed by atoms with Crippen molar-refractivity contribution in [1.29, 1.82) is 0 Å². The maximum atomic E-state index is 13.1. The maximum absolute atomic E-state index is 13.1. The number of urea groups is 1. The lowest BCUT2D eigenvalue weighted by atomic mass is 9.87. The quantitative estimate of drug-likeness (QED) is 0.460. The summed E-state index contributed by atoms with van der Waals surface area (Å²) >= 11 is 0. The van der Waals surface area contributed by atoms with Crippen molar-refractivity contribution in [1.82, 2.24) is 15.2 Å². The van der Waals surface area contributed by atoms with Crippen LogP contribution in [0, 0.1) is 13.8 Å². The molecular weight excluding hydrogens is 466 g/mol. The minimum atomic E-state index is -1.20. The van der Waals surface area contributed by atoms with Crippen LogP contribution in [0.15, 0.2) is 54.6 Å². The number of aromatic nitrogens is 1. The molecule has 0 unspecified atom stereocenters. The normalized spacial score (nSPS) is 14.1. The first kappa shape index (κ1) is 26.4. The minimum Gasteiger partial charge on any atom is -0.479 e. The zero-order valence-electron chi connectivity index (χ0n) is 22.2. The number of amides is 2. The van der Waals surface area contributed by atoms with Crippen molar-refractivity contribution in [3.05, 3.63) is 88.2 Å². The summed E-state index contributed by atoms with van der Waals surface area (Å²) in [5.41, 5.74) is 6.06. The molecule has 0 spiro atoms. The molecule has 2 heterocycles. The number of pyridine rings is 1. The number of carboxylic acids is 1. The Morgan fingerprint density at radius 1 is 1.08 bits per heavy atom. The highest BCUT2D eigenvalue weighted by Crippen LogP contribution is 2.40. The number of carbonyl (C=O) groups excluding carboxylic acids is 1. The van der Waals surface area contributed by atoms with Crippen molar-refractivity contribution < 1.29 is 19.4 Å². The van der Waals surface area contributed by atoms with Crippen LogP contribution in [0.2, 0.25) is 0 Å². The number of fused-ring (bicyclic) bond motifs is 1. The predicted molar refractivity (Wildman–Crippen MR) is 143 cm³/mol. The molecule has 37 heavy (non-hydrogen) atoms. The Hall–Kier alpha value is -3.71. The molecular formula is C30H35N3O4. The zero-order valence-corrected chi connectivity index (χ0v) is 22.2. The molecule has 0 fully saturated rings. The van der Waals surface area contributed by atoms with E-state index >= 15 is 0 Å². The molecule has 1 atom stereocenters. The Bertz CT molecular complexity index is 1280. The second kappa shape index (κ2) is 10.7. The second-order valence-electron chi connectivity index (χ2n) is 10.5. The van der Waals surface area contributed by atoms with Gasteiger partial charge in [-0.3, -0.25) is 4.98 Å². The largest absolute Gasteiger partial charge is 0.479 e. The lowest BCUT2D eigenvalue weighted by Gasteiger charge is -2.33. The molecule has 3 aromatic rings. The Labute approximate surface area is 218 Å². The molecule has 194 valence electrons. The summed E-state index contributed by atoms with van der Waals surface area (Å²) in [7, 11) is 0. The Morgan fingerprint density at radius 3 is 2.38 bits per heavy atom. The molecule has 2 aromatic carbocycles. The van der Waals surface area contributed by atoms with Crippen LogP contribution in [-0.2, 0) is 29.0 Å². The first-order valence-electron chi connectivity index (χ1n) is 12.6. The molecule has 0 saturated carbocycles. The van der Waals surface area contributed by atoms with Gasteiger partial charge >= 0.3 is 12.0 Å². The lowest BCUT2D eigenvalue weighted by Crippen LogP contribution is -2.43. The van der Waals surface area contributed by atoms with Crippen LogP contribution in [0.1, 0.15) is 60.5 Å². The summed E-state index contributed by atoms with van der Waals surface area (Å²) in [6, 6.07) is 17.6. The molecule has 4 rings (SSSR count). The fourth-order valence-electron chi connectivity index (χ4n) is 4.72. The van der Waals surface area contributed by atoms with Gasteiger partial charge in [0.2, 0.25) is 0 Å². The highest BCUT2D eigenvalue weighted by Gasteiger charge is 2.35. The highest BCUT2D eigenvalue weighted by molar-refractivity contribution is 5.83. The molecule has 1 aromatic heterocycles. The smallest absolute Gasteiger partial charge is 0.337 e. The number of hydrogen-bond donors (Lipinski definition) is 2. The van der Waals surface area contributed by atoms with Crippen LogP contribution in [0.25, 0.3) is 11.1 Å². The van der Waals surface area contributed by atoms with Gasteiger partial charge in [-0.05, 0) is 51.3 Å². The van der Waals surface area contributed by atoms with Gasteiger partial charge in [0.05, 0.1) is 5.60 Å². The van der Waals surface area contributed by atoms with E-state index in [2.05, 4.69) is 5.32 Å². The Kier molecular flexibility index (Phi) is 7.64. The third-order valence-corrected chi connectivity index (χ3v) is 6.45. The number of nitrogens with one attached hydrogen (secondary N) is 1. The summed E-state index contributed by atoms with van der Waals surface area (Å²) in [4.78, 5) is 32.2. The van der Waals surface area contributed by atoms with E-state index in [1.165, 1.54) is 0 Å². The molecule has 0 radical (unpaired) electrons. The molecule has 0 aliphatic carbocycles. The van der Waals surface area contributed by atoms with E-state index in [0.29, 0.717) is 37.3 Å². The summed E-state index contributed by atoms with van der Waals surface area (Å²) in [5.74, 6) is -1.07. The zero-order chi connectivity index (χ0) is 26.7. The number of carbonyl (C=O) groups is 2. The van der Waals surface area contributed by atoms with Crippen LogP contribution >= 0.6 is 0 Å². The second-order valence-corrected chi connectivity index (χ2v) is 10.5. The number of nitrogens with zero attached hydrogens (tertiary/aromatic N) is 2. The van der Waals surface area contributed by atoms with Crippen molar-refractivity contribution in [3.63, 3.8) is 0 Å². The number of carboxylic acid groups (broad SMARTS) is 1. The van der Waals surface area contributed by atoms with Gasteiger partial charge in [-0.1, -0.05) is 60.2 Å². The van der Waals surface area contributed by atoms with Crippen molar-refractivity contribution >= 4 is 12.0 Å². The fourth-order valence-corrected chi connectivity index (χ4v) is 4.72. The van der Waals surface area contributed by atoms with Crippen molar-refractivity contribution in [2.45, 2.75) is 65.8 Å². The van der Waals surface area contributed by atoms with Crippen LogP contribution < -0.4 is 5.32 Å². The number of benzene rings is 2. The van der Waals surface area contributed by atoms with Crippen LogP contribution in [0.4, 0.5) is 4.79 Å². The van der Waals surface area contributed by atoms with E-state index in [1.807, 2.05) is 89.2 Å². The molecule has 7 heteroatoms. The standard InChI is InChI=1S/C30H35N3O4/c1-19-11-13-22(14-12-19)26-23-18-33(29(36)31-17-21-9-7-6-8-10-21)16-15-24(23)32-20(2)25(26)27(28(34)35)37-30(3,4)5/h6-14,27H,15-18H2,1-5H3,(H,31,36)(H,34,35)/t27-/m0/s1. The molecule has 2 amide bonds. The average Bonchev–Trinajstić information content (AvgIpc) is 2.85. The first-order chi connectivity index (χ1) is 17.5. The summed E-state index contributed by atoms with van der Waals surface area (Å²) in [5, 5.41) is 13.2. The Morgan fingerprint density at radius 2 is 1.76 bits per heavy atom. The van der Waals surface area contributed by atoms with Gasteiger partial charge in [0, 0.05) is 48.6 Å². The van der Waals surface area contributed by atoms with Gasteiger partial charge in [0.1, 0.15) is 0 Å². The number of aryl methyl sites for hydroxylation is 2. The molecule has 1 aliphatic heterocycles. The molecule has 7 nitrogen and oxygen atoms in total. The molecule has 0 saturated heterocycles. The van der Waals surface area contributed by atoms with Crippen LogP contribution in [0.5, 0.6) is 0 Å². The topological polar surface area (TPSA) is 91.8 Å². The van der Waals surface area contributed by atoms with Gasteiger partial charge in [-0.25, -0.2) is 9.59 Å². The highest BCUT2D eigenvalue weighted by atomic mass is 16.5. The van der Waals surface area contributed by atoms with Crippen molar-refractivity contribution in [3.8, 4) is 11.1 Å². The van der Waals surface area contributed by atoms with Crippen LogP contribution in [0.3, 0.4) is 0 Å². The van der Waals surface area contributed by atoms with E-state index in [0.717, 1.165) is 33.5 Å². The fraction of sp³-hybridized carbons (Fsp3) is 0.367. The third kappa shape index (κ3) is 6.17. The summed E-state index contributed by atoms with van der Waals surface area (Å²) in [6.45, 7) is 10.7. The third-order valence-electron chi connectivity index (χ3n) is 6.45. The number of hydrogen-bond acceptors (Lipinski definition) is 4. The van der Waals surface area contributed by atoms with E-state index in [-0.39, 0.29) is 6.03 Å². The number of aliphatic carboxylic acids is 1. The van der Waals surface area contributed by atoms with Crippen molar-refractivity contribution in [2.75, 3.05) is 6.54 Å². The Balaban J connectivity index is 1.76. The van der Waals surface area contributed by atoms with E-state index < -0.39 is 17.7 Å². The average molecular weight is 502 g/mol. The van der Waals surface area contributed by atoms with Gasteiger partial charge < -0.3 is 20.1 Å². The molecule has 1 aliphatic rings. The van der Waals surface area contributed by atoms with E-state index in [4.69, 9.17) is 9.72 Å². The number of rotatable bonds is 6. The van der Waals surface area contributed by atoms with Crippen molar-refractivity contribution in [2.24, 2.45) is 0 Å². The minimum absolute atomic E-state index is 0.160. The van der Waals surface area contributed by atoms with Gasteiger partial charge in [0.15, 0.2) is 6.10 Å². The molecule has 0 bridgehead atoms. The van der Waals surface area contributed by atoms with Gasteiger partial charge in [-0.2, -0.15) is 0 Å². The SMILES string of the molecule is Cc1ccc(-c2c3c(nc(C)c2[C@H](OC(C)(C)C)C(=O)O)CCN(C(=O)NCc2ccccc2)C3)cc1. The summed E-state index contributed by atoms with van der Waals surface area (Å²) < 4.78 is 6.07.